The highest BCUT2D eigenvalue weighted by atomic mass is 16.5. The molecule has 0 bridgehead atoms. The molecule has 4 rings (SSSR count). The molecule has 2 unspecified atom stereocenters. The summed E-state index contributed by atoms with van der Waals surface area (Å²) in [4.78, 5) is 35.1. The molecule has 0 aromatic heterocycles. The Balaban J connectivity index is 1.56. The lowest BCUT2D eigenvalue weighted by atomic mass is 10.1. The van der Waals surface area contributed by atoms with E-state index in [1.807, 2.05) is 29.2 Å². The number of imide groups is 1. The van der Waals surface area contributed by atoms with Gasteiger partial charge in [-0.15, -0.1) is 0 Å². The first-order chi connectivity index (χ1) is 13.6. The third-order valence-electron chi connectivity index (χ3n) is 5.43. The van der Waals surface area contributed by atoms with E-state index in [0.29, 0.717) is 19.8 Å². The van der Waals surface area contributed by atoms with E-state index >= 15 is 0 Å². The first kappa shape index (κ1) is 18.5. The molecule has 3 aliphatic heterocycles. The minimum absolute atomic E-state index is 0.296. The predicted octanol–water partition coefficient (Wildman–Crippen LogP) is 0.118. The Labute approximate surface area is 163 Å². The number of hydrogen-bond donors (Lipinski definition) is 1. The Morgan fingerprint density at radius 3 is 2.61 bits per heavy atom. The number of carbonyl (C=O) groups excluding carboxylic acids is 2. The number of nitrogens with zero attached hydrogens (tertiary/aromatic N) is 4. The van der Waals surface area contributed by atoms with Gasteiger partial charge in [0.2, 0.25) is 0 Å². The molecule has 1 N–H and O–H groups in total. The minimum Gasteiger partial charge on any atom is -0.497 e. The lowest BCUT2D eigenvalue weighted by Gasteiger charge is -2.38. The van der Waals surface area contributed by atoms with Gasteiger partial charge in [-0.25, -0.2) is 9.79 Å². The molecule has 0 radical (unpaired) electrons. The predicted molar refractivity (Wildman–Crippen MR) is 102 cm³/mol. The number of carbonyl (C=O) groups is 2. The first-order valence-electron chi connectivity index (χ1n) is 9.46. The van der Waals surface area contributed by atoms with E-state index in [9.17, 15) is 9.59 Å². The molecule has 9 nitrogen and oxygen atoms in total. The van der Waals surface area contributed by atoms with Crippen LogP contribution in [-0.2, 0) is 16.0 Å². The zero-order chi connectivity index (χ0) is 19.7. The molecular formula is C19H25N5O4. The number of hydrogen-bond acceptors (Lipinski definition) is 7. The second-order valence-corrected chi connectivity index (χ2v) is 7.08. The molecule has 1 aromatic carbocycles. The third kappa shape index (κ3) is 3.37. The molecule has 0 saturated carbocycles. The summed E-state index contributed by atoms with van der Waals surface area (Å²) in [5.74, 6) is 1.28. The molecule has 3 aliphatic rings. The van der Waals surface area contributed by atoms with Crippen LogP contribution in [0.2, 0.25) is 0 Å². The van der Waals surface area contributed by atoms with Crippen LogP contribution in [0.4, 0.5) is 4.79 Å². The van der Waals surface area contributed by atoms with Crippen LogP contribution in [0.5, 0.6) is 5.75 Å². The summed E-state index contributed by atoms with van der Waals surface area (Å²) < 4.78 is 10.7. The maximum absolute atomic E-state index is 12.6. The number of urea groups is 1. The fourth-order valence-electron chi connectivity index (χ4n) is 3.82. The molecule has 150 valence electrons. The third-order valence-corrected chi connectivity index (χ3v) is 5.43. The minimum atomic E-state index is -0.515. The number of methoxy groups -OCH3 is 1. The number of aliphatic imine (C=N–C) groups is 1. The number of guanidine groups is 1. The van der Waals surface area contributed by atoms with Crippen LogP contribution in [0.1, 0.15) is 5.56 Å². The van der Waals surface area contributed by atoms with Gasteiger partial charge in [-0.05, 0) is 24.1 Å². The van der Waals surface area contributed by atoms with Crippen molar-refractivity contribution in [2.75, 3.05) is 47.0 Å². The fourth-order valence-corrected chi connectivity index (χ4v) is 3.82. The van der Waals surface area contributed by atoms with Gasteiger partial charge in [0.1, 0.15) is 5.75 Å². The molecule has 2 fully saturated rings. The van der Waals surface area contributed by atoms with Crippen molar-refractivity contribution in [3.8, 4) is 5.75 Å². The van der Waals surface area contributed by atoms with E-state index in [4.69, 9.17) is 14.5 Å². The molecule has 3 heterocycles. The summed E-state index contributed by atoms with van der Waals surface area (Å²) in [6.45, 7) is 3.32. The number of rotatable bonds is 4. The fraction of sp³-hybridized carbons (Fsp3) is 0.526. The second-order valence-electron chi connectivity index (χ2n) is 7.08. The zero-order valence-electron chi connectivity index (χ0n) is 16.1. The molecule has 28 heavy (non-hydrogen) atoms. The lowest BCUT2D eigenvalue weighted by Crippen LogP contribution is -2.64. The average Bonchev–Trinajstić information content (AvgIpc) is 3.12. The van der Waals surface area contributed by atoms with E-state index in [0.717, 1.165) is 36.8 Å². The van der Waals surface area contributed by atoms with E-state index in [1.54, 1.807) is 14.2 Å². The molecule has 2 atom stereocenters. The van der Waals surface area contributed by atoms with Crippen molar-refractivity contribution in [1.82, 2.24) is 20.0 Å². The summed E-state index contributed by atoms with van der Waals surface area (Å²) >= 11 is 0. The van der Waals surface area contributed by atoms with E-state index in [2.05, 4.69) is 10.2 Å². The highest BCUT2D eigenvalue weighted by molar-refractivity contribution is 6.03. The number of fused-ring (bicyclic) bond motifs is 1. The van der Waals surface area contributed by atoms with Gasteiger partial charge in [0.05, 0.1) is 20.3 Å². The SMILES string of the molecule is COc1ccc(CCN2C(N3CCOCC3)=NC3C2C(=O)NC(=O)N3C)cc1. The van der Waals surface area contributed by atoms with E-state index in [-0.39, 0.29) is 5.91 Å². The van der Waals surface area contributed by atoms with Crippen molar-refractivity contribution in [3.05, 3.63) is 29.8 Å². The summed E-state index contributed by atoms with van der Waals surface area (Å²) in [6.07, 6.45) is 0.247. The average molecular weight is 387 g/mol. The van der Waals surface area contributed by atoms with Crippen molar-refractivity contribution in [1.29, 1.82) is 0 Å². The standard InChI is InChI=1S/C19H25N5O4/c1-22-16-15(17(25)21-19(22)26)24(18(20-16)23-9-11-28-12-10-23)8-7-13-3-5-14(27-2)6-4-13/h3-6,15-16H,7-12H2,1-2H3,(H,21,25,26). The van der Waals surface area contributed by atoms with Crippen LogP contribution in [0.25, 0.3) is 0 Å². The number of nitrogens with one attached hydrogen (secondary N) is 1. The van der Waals surface area contributed by atoms with Gasteiger partial charge in [0.25, 0.3) is 5.91 Å². The smallest absolute Gasteiger partial charge is 0.325 e. The largest absolute Gasteiger partial charge is 0.497 e. The summed E-state index contributed by atoms with van der Waals surface area (Å²) in [7, 11) is 3.32. The summed E-state index contributed by atoms with van der Waals surface area (Å²) in [6, 6.07) is 6.98. The number of ether oxygens (including phenoxy) is 2. The summed E-state index contributed by atoms with van der Waals surface area (Å²) in [5, 5.41) is 2.44. The van der Waals surface area contributed by atoms with Gasteiger partial charge >= 0.3 is 6.03 Å². The number of likely N-dealkylation sites (N-methyl/N-ethyl adjacent to an activating group) is 1. The van der Waals surface area contributed by atoms with Gasteiger partial charge in [-0.2, -0.15) is 0 Å². The quantitative estimate of drug-likeness (QED) is 0.790. The highest BCUT2D eigenvalue weighted by Crippen LogP contribution is 2.26. The molecular weight excluding hydrogens is 362 g/mol. The van der Waals surface area contributed by atoms with Gasteiger partial charge < -0.3 is 24.2 Å². The molecule has 2 saturated heterocycles. The first-order valence-corrected chi connectivity index (χ1v) is 9.46. The maximum atomic E-state index is 12.6. The molecule has 9 heteroatoms. The molecule has 0 aliphatic carbocycles. The highest BCUT2D eigenvalue weighted by Gasteiger charge is 2.49. The normalized spacial score (nSPS) is 24.8. The van der Waals surface area contributed by atoms with Crippen LogP contribution in [0.15, 0.2) is 29.3 Å². The lowest BCUT2D eigenvalue weighted by molar-refractivity contribution is -0.127. The molecule has 3 amide bonds. The van der Waals surface area contributed by atoms with Crippen LogP contribution < -0.4 is 10.1 Å². The maximum Gasteiger partial charge on any atom is 0.325 e. The van der Waals surface area contributed by atoms with Crippen LogP contribution in [0.3, 0.4) is 0 Å². The van der Waals surface area contributed by atoms with Crippen LogP contribution in [-0.4, -0.2) is 91.8 Å². The zero-order valence-corrected chi connectivity index (χ0v) is 16.1. The van der Waals surface area contributed by atoms with Gasteiger partial charge in [0, 0.05) is 26.7 Å². The van der Waals surface area contributed by atoms with Gasteiger partial charge in [-0.1, -0.05) is 12.1 Å². The summed E-state index contributed by atoms with van der Waals surface area (Å²) in [5.41, 5.74) is 1.14. The molecule has 0 spiro atoms. The van der Waals surface area contributed by atoms with Gasteiger partial charge in [-0.3, -0.25) is 10.1 Å². The van der Waals surface area contributed by atoms with Crippen molar-refractivity contribution >= 4 is 17.9 Å². The second kappa shape index (κ2) is 7.67. The van der Waals surface area contributed by atoms with Gasteiger partial charge in [0.15, 0.2) is 18.2 Å². The van der Waals surface area contributed by atoms with Crippen molar-refractivity contribution in [2.24, 2.45) is 4.99 Å². The van der Waals surface area contributed by atoms with Crippen molar-refractivity contribution in [3.63, 3.8) is 0 Å². The van der Waals surface area contributed by atoms with Crippen molar-refractivity contribution in [2.45, 2.75) is 18.6 Å². The number of morpholine rings is 1. The number of benzene rings is 1. The Morgan fingerprint density at radius 1 is 1.21 bits per heavy atom. The van der Waals surface area contributed by atoms with E-state index < -0.39 is 18.2 Å². The van der Waals surface area contributed by atoms with Crippen LogP contribution >= 0.6 is 0 Å². The topological polar surface area (TPSA) is 86.7 Å². The Hall–Kier alpha value is -2.81. The molecule has 1 aromatic rings. The monoisotopic (exact) mass is 387 g/mol. The number of amides is 3. The Morgan fingerprint density at radius 2 is 1.93 bits per heavy atom. The van der Waals surface area contributed by atoms with Crippen molar-refractivity contribution < 1.29 is 19.1 Å². The Kier molecular flexibility index (Phi) is 5.08. The Bertz CT molecular complexity index is 775. The van der Waals surface area contributed by atoms with E-state index in [1.165, 1.54) is 4.90 Å². The van der Waals surface area contributed by atoms with Crippen LogP contribution in [0, 0.1) is 0 Å².